The number of quaternary nitrogens is 1. The zero-order chi connectivity index (χ0) is 12.1. The third kappa shape index (κ3) is 2.85. The van der Waals surface area contributed by atoms with Crippen LogP contribution in [0.3, 0.4) is 0 Å². The van der Waals surface area contributed by atoms with Crippen LogP contribution in [0.4, 0.5) is 0 Å². The summed E-state index contributed by atoms with van der Waals surface area (Å²) >= 11 is 0. The topological polar surface area (TPSA) is 63.6 Å². The van der Waals surface area contributed by atoms with E-state index in [4.69, 9.17) is 5.11 Å². The summed E-state index contributed by atoms with van der Waals surface area (Å²) in [6.07, 6.45) is 0. The second-order valence-corrected chi connectivity index (χ2v) is 5.22. The van der Waals surface area contributed by atoms with E-state index in [9.17, 15) is 8.42 Å². The monoisotopic (exact) mass is 238 g/mol. The Hall–Kier alpha value is -0.750. The number of nitrogens with zero attached hydrogens (tertiary/aromatic N) is 1. The van der Waals surface area contributed by atoms with Crippen LogP contribution >= 0.6 is 0 Å². The van der Waals surface area contributed by atoms with Gasteiger partial charge >= 0.3 is 10.0 Å². The lowest BCUT2D eigenvalue weighted by Gasteiger charge is -2.32. The zero-order valence-electron chi connectivity index (χ0n) is 9.73. The van der Waals surface area contributed by atoms with Gasteiger partial charge in [-0.25, -0.2) is 3.89 Å². The molecule has 0 aliphatic carbocycles. The maximum atomic E-state index is 12.0. The molecule has 0 fully saturated rings. The van der Waals surface area contributed by atoms with Crippen molar-refractivity contribution in [2.45, 2.75) is 20.8 Å². The van der Waals surface area contributed by atoms with E-state index in [1.807, 2.05) is 20.8 Å². The molecule has 0 radical (unpaired) electrons. The van der Waals surface area contributed by atoms with Crippen molar-refractivity contribution in [3.05, 3.63) is 11.4 Å². The minimum Gasteiger partial charge on any atom is -0.480 e. The van der Waals surface area contributed by atoms with Crippen molar-refractivity contribution in [1.29, 1.82) is 0 Å². The van der Waals surface area contributed by atoms with Gasteiger partial charge in [0.2, 0.25) is 0 Å². The van der Waals surface area contributed by atoms with Gasteiger partial charge in [0.25, 0.3) is 5.95 Å². The summed E-state index contributed by atoms with van der Waals surface area (Å²) in [5.74, 6) is -0.576. The van der Waals surface area contributed by atoms with Crippen molar-refractivity contribution in [2.75, 3.05) is 26.7 Å². The summed E-state index contributed by atoms with van der Waals surface area (Å²) in [6, 6.07) is 0. The van der Waals surface area contributed by atoms with E-state index in [1.165, 1.54) is 7.11 Å². The summed E-state index contributed by atoms with van der Waals surface area (Å²) in [4.78, 5) is 0. The number of aliphatic hydroxyl groups excluding tert-OH is 1. The van der Waals surface area contributed by atoms with Crippen molar-refractivity contribution in [2.24, 2.45) is 0 Å². The van der Waals surface area contributed by atoms with Crippen LogP contribution in [-0.2, 0) is 14.8 Å². The summed E-state index contributed by atoms with van der Waals surface area (Å²) in [5.41, 5.74) is 0. The minimum atomic E-state index is -3.55. The number of hydrogen-bond acceptors (Lipinski definition) is 4. The van der Waals surface area contributed by atoms with Crippen molar-refractivity contribution in [1.82, 2.24) is 0 Å². The molecular weight excluding hydrogens is 218 g/mol. The lowest BCUT2D eigenvalue weighted by Crippen LogP contribution is -2.51. The average Bonchev–Trinajstić information content (AvgIpc) is 2.20. The molecule has 1 N–H and O–H groups in total. The number of ether oxygens (including phenoxy) is 1. The molecule has 0 saturated carbocycles. The SMILES string of the molecule is CC[N+](CC)(CC)S(=O)(=O)C=C(O)OC. The normalized spacial score (nSPS) is 14.0. The fourth-order valence-corrected chi connectivity index (χ4v) is 3.15. The third-order valence-corrected chi connectivity index (χ3v) is 5.08. The average molecular weight is 238 g/mol. The molecule has 0 aromatic heterocycles. The molecule has 0 rings (SSSR count). The van der Waals surface area contributed by atoms with Crippen molar-refractivity contribution < 1.29 is 22.1 Å². The van der Waals surface area contributed by atoms with Crippen molar-refractivity contribution in [3.8, 4) is 0 Å². The van der Waals surface area contributed by atoms with Gasteiger partial charge < -0.3 is 9.84 Å². The van der Waals surface area contributed by atoms with E-state index < -0.39 is 16.0 Å². The van der Waals surface area contributed by atoms with E-state index in [-0.39, 0.29) is 3.89 Å². The van der Waals surface area contributed by atoms with E-state index in [2.05, 4.69) is 4.74 Å². The Balaban J connectivity index is 5.33. The Labute approximate surface area is 91.6 Å². The molecule has 0 bridgehead atoms. The fraction of sp³-hybridized carbons (Fsp3) is 0.778. The molecular formula is C9H20NO4S+. The second-order valence-electron chi connectivity index (χ2n) is 3.18. The molecule has 0 heterocycles. The third-order valence-electron chi connectivity index (χ3n) is 2.73. The van der Waals surface area contributed by atoms with Gasteiger partial charge in [-0.3, -0.25) is 0 Å². The molecule has 5 nitrogen and oxygen atoms in total. The predicted octanol–water partition coefficient (Wildman–Crippen LogP) is 1.20. The van der Waals surface area contributed by atoms with Crippen LogP contribution in [-0.4, -0.2) is 44.2 Å². The molecule has 0 atom stereocenters. The van der Waals surface area contributed by atoms with Crippen LogP contribution in [0.1, 0.15) is 20.8 Å². The van der Waals surface area contributed by atoms with Crippen molar-refractivity contribution in [3.63, 3.8) is 0 Å². The standard InChI is InChI=1S/C9H19NO4S/c1-5-10(6-2,7-3)15(12,13)8-9(11)14-4/h8H,5-7H2,1-4H3/p+1. The largest absolute Gasteiger partial charge is 0.480 e. The Morgan fingerprint density at radius 2 is 1.67 bits per heavy atom. The molecule has 0 spiro atoms. The molecule has 6 heteroatoms. The van der Waals surface area contributed by atoms with Gasteiger partial charge in [-0.2, -0.15) is 8.42 Å². The van der Waals surface area contributed by atoms with Crippen LogP contribution in [0.15, 0.2) is 11.4 Å². The molecule has 0 unspecified atom stereocenters. The van der Waals surface area contributed by atoms with Crippen LogP contribution in [0.2, 0.25) is 0 Å². The Morgan fingerprint density at radius 1 is 1.27 bits per heavy atom. The fourth-order valence-electron chi connectivity index (χ4n) is 1.50. The molecule has 0 aromatic rings. The highest BCUT2D eigenvalue weighted by Gasteiger charge is 2.36. The first-order valence-electron chi connectivity index (χ1n) is 4.95. The number of hydrogen-bond donors (Lipinski definition) is 1. The molecule has 0 aromatic carbocycles. The highest BCUT2D eigenvalue weighted by atomic mass is 32.2. The number of rotatable bonds is 6. The maximum Gasteiger partial charge on any atom is 0.327 e. The molecule has 0 amide bonds. The summed E-state index contributed by atoms with van der Waals surface area (Å²) in [6.45, 7) is 6.81. The van der Waals surface area contributed by atoms with Crippen LogP contribution in [0, 0.1) is 0 Å². The van der Waals surface area contributed by atoms with E-state index in [1.54, 1.807) is 0 Å². The lowest BCUT2D eigenvalue weighted by atomic mass is 10.5. The van der Waals surface area contributed by atoms with Crippen LogP contribution < -0.4 is 0 Å². The Bertz CT molecular complexity index is 309. The smallest absolute Gasteiger partial charge is 0.327 e. The minimum absolute atomic E-state index is 0.0829. The molecule has 0 aliphatic rings. The first-order chi connectivity index (χ1) is 6.89. The first kappa shape index (κ1) is 14.2. The van der Waals surface area contributed by atoms with E-state index >= 15 is 0 Å². The van der Waals surface area contributed by atoms with Gasteiger partial charge in [0.15, 0.2) is 5.41 Å². The van der Waals surface area contributed by atoms with E-state index in [0.717, 1.165) is 5.41 Å². The summed E-state index contributed by atoms with van der Waals surface area (Å²) < 4.78 is 28.3. The van der Waals surface area contributed by atoms with Gasteiger partial charge in [-0.05, 0) is 20.8 Å². The van der Waals surface area contributed by atoms with Crippen molar-refractivity contribution >= 4 is 10.0 Å². The van der Waals surface area contributed by atoms with Gasteiger partial charge in [0.05, 0.1) is 26.7 Å². The lowest BCUT2D eigenvalue weighted by molar-refractivity contribution is -0.799. The van der Waals surface area contributed by atoms with Crippen LogP contribution in [0.25, 0.3) is 0 Å². The van der Waals surface area contributed by atoms with E-state index in [0.29, 0.717) is 19.6 Å². The highest BCUT2D eigenvalue weighted by Crippen LogP contribution is 2.17. The van der Waals surface area contributed by atoms with Gasteiger partial charge in [-0.1, -0.05) is 0 Å². The van der Waals surface area contributed by atoms with Gasteiger partial charge in [0.1, 0.15) is 0 Å². The second kappa shape index (κ2) is 5.37. The molecule has 0 aliphatic heterocycles. The number of aliphatic hydroxyl groups is 1. The molecule has 90 valence electrons. The highest BCUT2D eigenvalue weighted by molar-refractivity contribution is 7.88. The summed E-state index contributed by atoms with van der Waals surface area (Å²) in [5, 5.41) is 9.87. The van der Waals surface area contributed by atoms with Gasteiger partial charge in [-0.15, -0.1) is 0 Å². The first-order valence-corrected chi connectivity index (χ1v) is 6.45. The Morgan fingerprint density at radius 3 is 1.93 bits per heavy atom. The molecule has 15 heavy (non-hydrogen) atoms. The maximum absolute atomic E-state index is 12.0. The van der Waals surface area contributed by atoms with Gasteiger partial charge in [0, 0.05) is 0 Å². The quantitative estimate of drug-likeness (QED) is 0.558. The number of sulfonamides is 1. The number of methoxy groups -OCH3 is 1. The predicted molar refractivity (Wildman–Crippen MR) is 58.5 cm³/mol. The van der Waals surface area contributed by atoms with Crippen LogP contribution in [0.5, 0.6) is 0 Å². The Kier molecular flexibility index (Phi) is 5.10. The summed E-state index contributed by atoms with van der Waals surface area (Å²) in [7, 11) is -2.32. The molecule has 0 saturated heterocycles. The zero-order valence-corrected chi connectivity index (χ0v) is 10.5.